The third-order valence-electron chi connectivity index (χ3n) is 3.93. The molecule has 2 aromatic rings. The van der Waals surface area contributed by atoms with Gasteiger partial charge in [-0.3, -0.25) is 0 Å². The topological polar surface area (TPSA) is 26.0 Å². The van der Waals surface area contributed by atoms with Crippen LogP contribution in [0.15, 0.2) is 24.3 Å². The van der Waals surface area contributed by atoms with Gasteiger partial charge in [-0.1, -0.05) is 18.2 Å². The summed E-state index contributed by atoms with van der Waals surface area (Å²) in [6.45, 7) is 8.60. The molecule has 0 heterocycles. The van der Waals surface area contributed by atoms with Crippen molar-refractivity contribution in [3.63, 3.8) is 0 Å². The standard InChI is InChI=1S/C17H20FN/c1-10-7-11(2)13(4)17(12(10)3)14-5-6-15(9-19)16(18)8-14/h5-8H,9,19H2,1-4H3. The lowest BCUT2D eigenvalue weighted by Crippen LogP contribution is -2.01. The van der Waals surface area contributed by atoms with E-state index in [1.165, 1.54) is 22.3 Å². The van der Waals surface area contributed by atoms with E-state index in [1.807, 2.05) is 6.07 Å². The van der Waals surface area contributed by atoms with Crippen molar-refractivity contribution in [3.05, 3.63) is 57.9 Å². The van der Waals surface area contributed by atoms with Gasteiger partial charge in [-0.05, 0) is 67.1 Å². The molecule has 0 saturated heterocycles. The fraction of sp³-hybridized carbons (Fsp3) is 0.294. The third kappa shape index (κ3) is 2.41. The number of rotatable bonds is 2. The number of hydrogen-bond acceptors (Lipinski definition) is 1. The van der Waals surface area contributed by atoms with Crippen LogP contribution in [0.4, 0.5) is 4.39 Å². The maximum atomic E-state index is 13.9. The smallest absolute Gasteiger partial charge is 0.128 e. The molecule has 0 aliphatic heterocycles. The zero-order valence-electron chi connectivity index (χ0n) is 12.0. The van der Waals surface area contributed by atoms with Gasteiger partial charge in [-0.2, -0.15) is 0 Å². The van der Waals surface area contributed by atoms with Gasteiger partial charge in [-0.15, -0.1) is 0 Å². The summed E-state index contributed by atoms with van der Waals surface area (Å²) in [6, 6.07) is 7.51. The Labute approximate surface area is 114 Å². The molecule has 0 spiro atoms. The normalized spacial score (nSPS) is 10.8. The minimum absolute atomic E-state index is 0.224. The van der Waals surface area contributed by atoms with Crippen LogP contribution in [0.3, 0.4) is 0 Å². The highest BCUT2D eigenvalue weighted by molar-refractivity contribution is 5.73. The van der Waals surface area contributed by atoms with E-state index in [0.29, 0.717) is 5.56 Å². The van der Waals surface area contributed by atoms with Gasteiger partial charge in [0.15, 0.2) is 0 Å². The Bertz CT molecular complexity index is 603. The molecule has 2 N–H and O–H groups in total. The van der Waals surface area contributed by atoms with E-state index in [4.69, 9.17) is 5.73 Å². The van der Waals surface area contributed by atoms with Crippen molar-refractivity contribution in [1.82, 2.24) is 0 Å². The van der Waals surface area contributed by atoms with Crippen molar-refractivity contribution in [3.8, 4) is 11.1 Å². The molecule has 19 heavy (non-hydrogen) atoms. The van der Waals surface area contributed by atoms with Gasteiger partial charge < -0.3 is 5.73 Å². The molecule has 0 fully saturated rings. The molecule has 100 valence electrons. The summed E-state index contributed by atoms with van der Waals surface area (Å²) in [5.74, 6) is -0.224. The first kappa shape index (κ1) is 13.8. The lowest BCUT2D eigenvalue weighted by Gasteiger charge is -2.16. The minimum atomic E-state index is -0.224. The number of aryl methyl sites for hydroxylation is 2. The largest absolute Gasteiger partial charge is 0.326 e. The van der Waals surface area contributed by atoms with Crippen LogP contribution in [0.2, 0.25) is 0 Å². The monoisotopic (exact) mass is 257 g/mol. The van der Waals surface area contributed by atoms with Crippen LogP contribution in [0.1, 0.15) is 27.8 Å². The third-order valence-corrected chi connectivity index (χ3v) is 3.93. The second-order valence-corrected chi connectivity index (χ2v) is 5.15. The minimum Gasteiger partial charge on any atom is -0.326 e. The second-order valence-electron chi connectivity index (χ2n) is 5.15. The van der Waals surface area contributed by atoms with Crippen molar-refractivity contribution in [1.29, 1.82) is 0 Å². The second kappa shape index (κ2) is 5.14. The highest BCUT2D eigenvalue weighted by Crippen LogP contribution is 2.32. The van der Waals surface area contributed by atoms with Crippen molar-refractivity contribution >= 4 is 0 Å². The first-order valence-electron chi connectivity index (χ1n) is 6.52. The Morgan fingerprint density at radius 1 is 0.947 bits per heavy atom. The van der Waals surface area contributed by atoms with Crippen LogP contribution in [-0.2, 0) is 6.54 Å². The molecule has 0 atom stereocenters. The Balaban J connectivity index is 2.68. The molecular formula is C17H20FN. The predicted molar refractivity (Wildman–Crippen MR) is 78.7 cm³/mol. The quantitative estimate of drug-likeness (QED) is 0.858. The zero-order valence-corrected chi connectivity index (χ0v) is 12.0. The molecule has 2 rings (SSSR count). The number of halogens is 1. The molecular weight excluding hydrogens is 237 g/mol. The van der Waals surface area contributed by atoms with Gasteiger partial charge in [0, 0.05) is 12.1 Å². The van der Waals surface area contributed by atoms with Crippen LogP contribution < -0.4 is 5.73 Å². The molecule has 1 nitrogen and oxygen atoms in total. The van der Waals surface area contributed by atoms with E-state index in [9.17, 15) is 4.39 Å². The van der Waals surface area contributed by atoms with Gasteiger partial charge in [0.25, 0.3) is 0 Å². The van der Waals surface area contributed by atoms with E-state index < -0.39 is 0 Å². The summed E-state index contributed by atoms with van der Waals surface area (Å²) < 4.78 is 13.9. The number of nitrogens with two attached hydrogens (primary N) is 1. The van der Waals surface area contributed by atoms with Gasteiger partial charge >= 0.3 is 0 Å². The first-order chi connectivity index (χ1) is 8.95. The van der Waals surface area contributed by atoms with E-state index in [-0.39, 0.29) is 12.4 Å². The van der Waals surface area contributed by atoms with E-state index in [0.717, 1.165) is 11.1 Å². The van der Waals surface area contributed by atoms with Crippen molar-refractivity contribution in [2.75, 3.05) is 0 Å². The summed E-state index contributed by atoms with van der Waals surface area (Å²) in [6.07, 6.45) is 0. The Morgan fingerprint density at radius 2 is 1.53 bits per heavy atom. The molecule has 0 bridgehead atoms. The van der Waals surface area contributed by atoms with Crippen LogP contribution in [0, 0.1) is 33.5 Å². The molecule has 2 heteroatoms. The van der Waals surface area contributed by atoms with E-state index >= 15 is 0 Å². The van der Waals surface area contributed by atoms with Crippen LogP contribution in [0.5, 0.6) is 0 Å². The molecule has 0 amide bonds. The predicted octanol–water partition coefficient (Wildman–Crippen LogP) is 4.19. The zero-order chi connectivity index (χ0) is 14.2. The SMILES string of the molecule is Cc1cc(C)c(C)c(-c2ccc(CN)c(F)c2)c1C. The van der Waals surface area contributed by atoms with Crippen LogP contribution in [0.25, 0.3) is 11.1 Å². The maximum Gasteiger partial charge on any atom is 0.128 e. The fourth-order valence-electron chi connectivity index (χ4n) is 2.52. The summed E-state index contributed by atoms with van der Waals surface area (Å²) in [4.78, 5) is 0. The van der Waals surface area contributed by atoms with Gasteiger partial charge in [-0.25, -0.2) is 4.39 Å². The van der Waals surface area contributed by atoms with E-state index in [1.54, 1.807) is 12.1 Å². The van der Waals surface area contributed by atoms with Gasteiger partial charge in [0.05, 0.1) is 0 Å². The lowest BCUT2D eigenvalue weighted by atomic mass is 9.89. The lowest BCUT2D eigenvalue weighted by molar-refractivity contribution is 0.611. The van der Waals surface area contributed by atoms with Crippen molar-refractivity contribution in [2.45, 2.75) is 34.2 Å². The van der Waals surface area contributed by atoms with Crippen molar-refractivity contribution < 1.29 is 4.39 Å². The molecule has 0 radical (unpaired) electrons. The first-order valence-corrected chi connectivity index (χ1v) is 6.52. The Morgan fingerprint density at radius 3 is 2.00 bits per heavy atom. The summed E-state index contributed by atoms with van der Waals surface area (Å²) in [7, 11) is 0. The fourth-order valence-corrected chi connectivity index (χ4v) is 2.52. The molecule has 0 aliphatic rings. The molecule has 0 aromatic heterocycles. The van der Waals surface area contributed by atoms with Crippen LogP contribution in [-0.4, -0.2) is 0 Å². The Hall–Kier alpha value is -1.67. The van der Waals surface area contributed by atoms with Crippen molar-refractivity contribution in [2.24, 2.45) is 5.73 Å². The average Bonchev–Trinajstić information content (AvgIpc) is 2.37. The van der Waals surface area contributed by atoms with Gasteiger partial charge in [0.2, 0.25) is 0 Å². The van der Waals surface area contributed by atoms with E-state index in [2.05, 4.69) is 33.8 Å². The summed E-state index contributed by atoms with van der Waals surface area (Å²) in [5, 5.41) is 0. The highest BCUT2D eigenvalue weighted by atomic mass is 19.1. The van der Waals surface area contributed by atoms with Crippen LogP contribution >= 0.6 is 0 Å². The highest BCUT2D eigenvalue weighted by Gasteiger charge is 2.12. The maximum absolute atomic E-state index is 13.9. The number of hydrogen-bond donors (Lipinski definition) is 1. The molecule has 0 aliphatic carbocycles. The van der Waals surface area contributed by atoms with Gasteiger partial charge in [0.1, 0.15) is 5.82 Å². The molecule has 2 aromatic carbocycles. The average molecular weight is 257 g/mol. The number of benzene rings is 2. The summed E-state index contributed by atoms with van der Waals surface area (Å²) in [5.41, 5.74) is 13.0. The summed E-state index contributed by atoms with van der Waals surface area (Å²) >= 11 is 0. The molecule has 0 unspecified atom stereocenters. The molecule has 0 saturated carbocycles. The Kier molecular flexibility index (Phi) is 3.72.